The van der Waals surface area contributed by atoms with Crippen LogP contribution < -0.4 is 5.32 Å². The highest BCUT2D eigenvalue weighted by Crippen LogP contribution is 2.20. The van der Waals surface area contributed by atoms with Crippen molar-refractivity contribution in [2.24, 2.45) is 0 Å². The Bertz CT molecular complexity index is 1280. The van der Waals surface area contributed by atoms with Gasteiger partial charge in [-0.05, 0) is 18.1 Å². The molecule has 13 heteroatoms. The number of aliphatic carboxylic acids is 1. The Morgan fingerprint density at radius 2 is 1.69 bits per heavy atom. The molecule has 0 aliphatic heterocycles. The fourth-order valence-electron chi connectivity index (χ4n) is 3.25. The zero-order valence-electron chi connectivity index (χ0n) is 17.6. The van der Waals surface area contributed by atoms with Crippen molar-refractivity contribution in [3.05, 3.63) is 87.5 Å². The molecule has 3 aromatic rings. The van der Waals surface area contributed by atoms with Crippen LogP contribution in [0, 0.1) is 17.5 Å². The number of benzene rings is 2. The summed E-state index contributed by atoms with van der Waals surface area (Å²) in [5.41, 5.74) is -1.44. The smallest absolute Gasteiger partial charge is 0.354 e. The molecule has 4 N–H and O–H groups in total. The minimum atomic E-state index is -2.06. The van der Waals surface area contributed by atoms with Crippen LogP contribution in [0.15, 0.2) is 42.5 Å². The largest absolute Gasteiger partial charge is 0.479 e. The number of hydrogen-bond donors (Lipinski definition) is 4. The first kappa shape index (κ1) is 25.7. The number of aromatic nitrogens is 2. The fourth-order valence-corrected chi connectivity index (χ4v) is 3.46. The molecular weight excluding hydrogens is 495 g/mol. The number of carboxylic acid groups (broad SMARTS) is 2. The molecule has 35 heavy (non-hydrogen) atoms. The maximum Gasteiger partial charge on any atom is 0.354 e. The standard InChI is InChI=1S/C22H17ClF3N3O6/c23-13-4-2-1-3-10(13)5-16(19(30)22(34)35)27-20(31)17-8-18(21(32)33)29(28-17)9-12-14(25)6-11(24)7-15(12)26/h1-4,6-8,16,19,30H,5,9H2,(H,27,31)(H,32,33)(H,34,35)/t16-,19-/m1/s1. The molecule has 0 unspecified atom stereocenters. The number of amides is 1. The van der Waals surface area contributed by atoms with Gasteiger partial charge in [0.1, 0.15) is 23.1 Å². The SMILES string of the molecule is O=C(N[C@H](Cc1ccccc1Cl)[C@@H](O)C(=O)O)c1cc(C(=O)O)n(Cc2c(F)cc(F)cc2F)n1. The number of nitrogens with one attached hydrogen (secondary N) is 1. The Morgan fingerprint density at radius 1 is 1.06 bits per heavy atom. The summed E-state index contributed by atoms with van der Waals surface area (Å²) in [6.45, 7) is -0.784. The molecule has 2 atom stereocenters. The summed E-state index contributed by atoms with van der Waals surface area (Å²) < 4.78 is 41.8. The van der Waals surface area contributed by atoms with Gasteiger partial charge in [0.25, 0.3) is 5.91 Å². The quantitative estimate of drug-likeness (QED) is 0.346. The van der Waals surface area contributed by atoms with Crippen molar-refractivity contribution in [3.8, 4) is 0 Å². The van der Waals surface area contributed by atoms with Gasteiger partial charge >= 0.3 is 11.9 Å². The van der Waals surface area contributed by atoms with E-state index in [0.717, 1.165) is 6.07 Å². The second-order valence-corrected chi connectivity index (χ2v) is 7.79. The summed E-state index contributed by atoms with van der Waals surface area (Å²) in [6.07, 6.45) is -2.25. The lowest BCUT2D eigenvalue weighted by atomic mass is 10.0. The maximum absolute atomic E-state index is 14.0. The van der Waals surface area contributed by atoms with Crippen molar-refractivity contribution in [2.45, 2.75) is 25.1 Å². The van der Waals surface area contributed by atoms with Crippen molar-refractivity contribution in [2.75, 3.05) is 0 Å². The lowest BCUT2D eigenvalue weighted by Gasteiger charge is -2.21. The maximum atomic E-state index is 14.0. The first-order valence-corrected chi connectivity index (χ1v) is 10.3. The van der Waals surface area contributed by atoms with Crippen LogP contribution in [-0.4, -0.2) is 55.1 Å². The zero-order valence-corrected chi connectivity index (χ0v) is 18.3. The Balaban J connectivity index is 1.90. The number of hydrogen-bond acceptors (Lipinski definition) is 5. The molecule has 0 saturated heterocycles. The highest BCUT2D eigenvalue weighted by Gasteiger charge is 2.30. The Morgan fingerprint density at radius 3 is 2.26 bits per heavy atom. The van der Waals surface area contributed by atoms with Crippen LogP contribution in [0.4, 0.5) is 13.2 Å². The van der Waals surface area contributed by atoms with Gasteiger partial charge in [-0.15, -0.1) is 0 Å². The Kier molecular flexibility index (Phi) is 7.77. The van der Waals surface area contributed by atoms with Gasteiger partial charge in [-0.2, -0.15) is 5.10 Å². The predicted molar refractivity (Wildman–Crippen MR) is 115 cm³/mol. The number of aliphatic hydroxyl groups excluding tert-OH is 1. The molecule has 0 saturated carbocycles. The van der Waals surface area contributed by atoms with Gasteiger partial charge in [-0.3, -0.25) is 9.48 Å². The molecule has 0 aliphatic carbocycles. The number of aliphatic hydroxyl groups is 1. The highest BCUT2D eigenvalue weighted by atomic mass is 35.5. The summed E-state index contributed by atoms with van der Waals surface area (Å²) in [5.74, 6) is -8.04. The molecule has 184 valence electrons. The number of carbonyl (C=O) groups is 3. The summed E-state index contributed by atoms with van der Waals surface area (Å²) in [4.78, 5) is 35.7. The van der Waals surface area contributed by atoms with Crippen LogP contribution in [0.25, 0.3) is 0 Å². The number of nitrogens with zero attached hydrogens (tertiary/aromatic N) is 2. The van der Waals surface area contributed by atoms with E-state index in [1.54, 1.807) is 18.2 Å². The predicted octanol–water partition coefficient (Wildman–Crippen LogP) is 2.49. The van der Waals surface area contributed by atoms with Crippen molar-refractivity contribution in [1.29, 1.82) is 0 Å². The van der Waals surface area contributed by atoms with E-state index in [1.165, 1.54) is 6.07 Å². The van der Waals surface area contributed by atoms with Gasteiger partial charge in [-0.25, -0.2) is 22.8 Å². The van der Waals surface area contributed by atoms with Crippen molar-refractivity contribution >= 4 is 29.4 Å². The van der Waals surface area contributed by atoms with Crippen LogP contribution in [-0.2, 0) is 17.8 Å². The second kappa shape index (κ2) is 10.6. The third-order valence-corrected chi connectivity index (χ3v) is 5.36. The first-order chi connectivity index (χ1) is 16.5. The van der Waals surface area contributed by atoms with Gasteiger partial charge in [0.05, 0.1) is 12.6 Å². The van der Waals surface area contributed by atoms with E-state index in [-0.39, 0.29) is 11.4 Å². The average molecular weight is 512 g/mol. The third kappa shape index (κ3) is 5.97. The lowest BCUT2D eigenvalue weighted by Crippen LogP contribution is -2.48. The Labute approximate surface area is 200 Å². The third-order valence-electron chi connectivity index (χ3n) is 4.99. The summed E-state index contributed by atoms with van der Waals surface area (Å²) >= 11 is 6.07. The molecule has 0 radical (unpaired) electrons. The zero-order chi connectivity index (χ0) is 25.9. The van der Waals surface area contributed by atoms with Gasteiger partial charge in [0.2, 0.25) is 0 Å². The monoisotopic (exact) mass is 511 g/mol. The molecule has 2 aromatic carbocycles. The van der Waals surface area contributed by atoms with Gasteiger partial charge < -0.3 is 20.6 Å². The normalized spacial score (nSPS) is 12.7. The van der Waals surface area contributed by atoms with E-state index in [2.05, 4.69) is 10.4 Å². The van der Waals surface area contributed by atoms with E-state index >= 15 is 0 Å². The molecule has 1 amide bonds. The molecule has 1 aromatic heterocycles. The van der Waals surface area contributed by atoms with Crippen LogP contribution >= 0.6 is 11.6 Å². The summed E-state index contributed by atoms with van der Waals surface area (Å²) in [7, 11) is 0. The fraction of sp³-hybridized carbons (Fsp3) is 0.182. The number of aromatic carboxylic acids is 1. The molecular formula is C22H17ClF3N3O6. The van der Waals surface area contributed by atoms with Gasteiger partial charge in [0, 0.05) is 28.8 Å². The van der Waals surface area contributed by atoms with Crippen molar-refractivity contribution in [1.82, 2.24) is 15.1 Å². The lowest BCUT2D eigenvalue weighted by molar-refractivity contribution is -0.148. The highest BCUT2D eigenvalue weighted by molar-refractivity contribution is 6.31. The Hall–Kier alpha value is -3.90. The molecule has 1 heterocycles. The van der Waals surface area contributed by atoms with E-state index in [4.69, 9.17) is 11.6 Å². The van der Waals surface area contributed by atoms with E-state index in [9.17, 15) is 42.9 Å². The topological polar surface area (TPSA) is 142 Å². The van der Waals surface area contributed by atoms with Crippen LogP contribution in [0.2, 0.25) is 5.02 Å². The van der Waals surface area contributed by atoms with E-state index in [1.807, 2.05) is 0 Å². The van der Waals surface area contributed by atoms with Crippen molar-refractivity contribution < 1.29 is 42.9 Å². The molecule has 0 aliphatic rings. The molecule has 0 spiro atoms. The van der Waals surface area contributed by atoms with Crippen LogP contribution in [0.3, 0.4) is 0 Å². The minimum absolute atomic E-state index is 0.197. The molecule has 9 nitrogen and oxygen atoms in total. The van der Waals surface area contributed by atoms with Crippen LogP contribution in [0.5, 0.6) is 0 Å². The number of rotatable bonds is 9. The van der Waals surface area contributed by atoms with Crippen LogP contribution in [0.1, 0.15) is 32.1 Å². The number of carbonyl (C=O) groups excluding carboxylic acids is 1. The molecule has 0 bridgehead atoms. The number of halogens is 4. The second-order valence-electron chi connectivity index (χ2n) is 7.38. The van der Waals surface area contributed by atoms with Gasteiger partial charge in [-0.1, -0.05) is 29.8 Å². The van der Waals surface area contributed by atoms with E-state index < -0.39 is 70.9 Å². The average Bonchev–Trinajstić information content (AvgIpc) is 3.21. The van der Waals surface area contributed by atoms with Gasteiger partial charge in [0.15, 0.2) is 11.8 Å². The summed E-state index contributed by atoms with van der Waals surface area (Å²) in [5, 5.41) is 35.0. The first-order valence-electron chi connectivity index (χ1n) is 9.87. The molecule has 0 fully saturated rings. The minimum Gasteiger partial charge on any atom is -0.479 e. The number of carboxylic acids is 2. The summed E-state index contributed by atoms with van der Waals surface area (Å²) in [6, 6.07) is 6.53. The molecule has 3 rings (SSSR count). The van der Waals surface area contributed by atoms with E-state index in [0.29, 0.717) is 22.4 Å². The van der Waals surface area contributed by atoms with Crippen molar-refractivity contribution in [3.63, 3.8) is 0 Å².